The van der Waals surface area contributed by atoms with Gasteiger partial charge in [-0.3, -0.25) is 8.37 Å². The summed E-state index contributed by atoms with van der Waals surface area (Å²) in [6, 6.07) is 0. The Morgan fingerprint density at radius 2 is 1.20 bits per heavy atom. The third kappa shape index (κ3) is 4.28. The van der Waals surface area contributed by atoms with Crippen molar-refractivity contribution < 1.29 is 25.2 Å². The first-order chi connectivity index (χ1) is 9.16. The summed E-state index contributed by atoms with van der Waals surface area (Å²) in [6.45, 7) is 0.171. The number of fused-ring (bicyclic) bond motifs is 2. The molecule has 0 aromatic heterocycles. The number of hydrogen-bond acceptors (Lipinski definition) is 6. The summed E-state index contributed by atoms with van der Waals surface area (Å²) in [6.07, 6.45) is 8.17. The average Bonchev–Trinajstić information content (AvgIpc) is 2.33. The van der Waals surface area contributed by atoms with Crippen molar-refractivity contribution in [1.82, 2.24) is 0 Å². The second-order valence-corrected chi connectivity index (χ2v) is 8.88. The van der Waals surface area contributed by atoms with Gasteiger partial charge in [0.25, 0.3) is 20.2 Å². The van der Waals surface area contributed by atoms with E-state index >= 15 is 0 Å². The van der Waals surface area contributed by atoms with E-state index in [1.54, 1.807) is 0 Å². The summed E-state index contributed by atoms with van der Waals surface area (Å²) in [4.78, 5) is 0. The Morgan fingerprint density at radius 1 is 0.850 bits per heavy atom. The van der Waals surface area contributed by atoms with Crippen molar-refractivity contribution in [3.05, 3.63) is 12.2 Å². The van der Waals surface area contributed by atoms with Gasteiger partial charge in [-0.05, 0) is 36.5 Å². The fraction of sp³-hybridized carbons (Fsp3) is 0.833. The first-order valence-corrected chi connectivity index (χ1v) is 10.2. The van der Waals surface area contributed by atoms with Crippen molar-refractivity contribution in [2.45, 2.75) is 12.8 Å². The molecule has 116 valence electrons. The van der Waals surface area contributed by atoms with Crippen molar-refractivity contribution in [3.8, 4) is 0 Å². The summed E-state index contributed by atoms with van der Waals surface area (Å²) in [7, 11) is -6.98. The fourth-order valence-electron chi connectivity index (χ4n) is 3.11. The summed E-state index contributed by atoms with van der Waals surface area (Å²) >= 11 is 0. The highest BCUT2D eigenvalue weighted by molar-refractivity contribution is 7.86. The number of hydrogen-bond donors (Lipinski definition) is 0. The molecule has 0 aromatic rings. The van der Waals surface area contributed by atoms with Crippen molar-refractivity contribution in [3.63, 3.8) is 0 Å². The summed E-state index contributed by atoms with van der Waals surface area (Å²) in [5, 5.41) is 0. The minimum absolute atomic E-state index is 0.0183. The highest BCUT2D eigenvalue weighted by Crippen LogP contribution is 2.45. The van der Waals surface area contributed by atoms with Gasteiger partial charge in [-0.15, -0.1) is 0 Å². The Kier molecular flexibility index (Phi) is 4.58. The highest BCUT2D eigenvalue weighted by Gasteiger charge is 2.41. The van der Waals surface area contributed by atoms with Crippen LogP contribution in [0.5, 0.6) is 0 Å². The van der Waals surface area contributed by atoms with Crippen LogP contribution in [0.15, 0.2) is 12.2 Å². The molecule has 0 amide bonds. The minimum Gasteiger partial charge on any atom is -0.270 e. The number of rotatable bonds is 6. The summed E-state index contributed by atoms with van der Waals surface area (Å²) in [5.41, 5.74) is 0. The first kappa shape index (κ1) is 15.9. The van der Waals surface area contributed by atoms with Crippen LogP contribution >= 0.6 is 0 Å². The van der Waals surface area contributed by atoms with E-state index in [4.69, 9.17) is 8.37 Å². The normalized spacial score (nSPS) is 33.5. The van der Waals surface area contributed by atoms with Crippen LogP contribution in [0.1, 0.15) is 12.8 Å². The van der Waals surface area contributed by atoms with Crippen molar-refractivity contribution >= 4 is 20.2 Å². The van der Waals surface area contributed by atoms with Crippen molar-refractivity contribution in [2.24, 2.45) is 23.7 Å². The van der Waals surface area contributed by atoms with E-state index in [1.807, 2.05) is 0 Å². The maximum Gasteiger partial charge on any atom is 0.264 e. The van der Waals surface area contributed by atoms with Gasteiger partial charge >= 0.3 is 0 Å². The molecule has 0 unspecified atom stereocenters. The molecule has 3 rings (SSSR count). The molecule has 6 nitrogen and oxygen atoms in total. The highest BCUT2D eigenvalue weighted by atomic mass is 32.2. The maximum atomic E-state index is 11.1. The molecule has 3 aliphatic carbocycles. The van der Waals surface area contributed by atoms with Gasteiger partial charge in [-0.1, -0.05) is 12.2 Å². The monoisotopic (exact) mass is 324 g/mol. The molecule has 0 heterocycles. The van der Waals surface area contributed by atoms with E-state index in [2.05, 4.69) is 12.2 Å². The third-order valence-corrected chi connectivity index (χ3v) is 5.17. The zero-order chi connectivity index (χ0) is 15.0. The van der Waals surface area contributed by atoms with Crippen molar-refractivity contribution in [2.75, 3.05) is 25.7 Å². The predicted octanol–water partition coefficient (Wildman–Crippen LogP) is 0.767. The van der Waals surface area contributed by atoms with Crippen molar-refractivity contribution in [1.29, 1.82) is 0 Å². The Labute approximate surface area is 120 Å². The average molecular weight is 324 g/mol. The van der Waals surface area contributed by atoms with Gasteiger partial charge in [-0.2, -0.15) is 16.8 Å². The summed E-state index contributed by atoms with van der Waals surface area (Å²) < 4.78 is 54.4. The van der Waals surface area contributed by atoms with E-state index in [0.29, 0.717) is 0 Å². The Balaban J connectivity index is 2.07. The Bertz CT molecular complexity index is 525. The van der Waals surface area contributed by atoms with E-state index < -0.39 is 20.2 Å². The largest absolute Gasteiger partial charge is 0.270 e. The lowest BCUT2D eigenvalue weighted by molar-refractivity contribution is 0.0445. The van der Waals surface area contributed by atoms with Crippen LogP contribution in [0, 0.1) is 23.7 Å². The maximum absolute atomic E-state index is 11.1. The van der Waals surface area contributed by atoms with Gasteiger partial charge < -0.3 is 0 Å². The molecule has 0 spiro atoms. The lowest BCUT2D eigenvalue weighted by atomic mass is 9.63. The van der Waals surface area contributed by atoms with Crippen LogP contribution in [0.3, 0.4) is 0 Å². The molecule has 0 aromatic carbocycles. The molecule has 20 heavy (non-hydrogen) atoms. The predicted molar refractivity (Wildman–Crippen MR) is 73.9 cm³/mol. The smallest absolute Gasteiger partial charge is 0.264 e. The van der Waals surface area contributed by atoms with Crippen LogP contribution < -0.4 is 0 Å². The van der Waals surface area contributed by atoms with E-state index in [0.717, 1.165) is 25.4 Å². The SMILES string of the molecule is CS(=O)(=O)OC[C@@H]1[C@@H](COS(C)(=O)=O)[C@H]2C=C[C@@H]1CC2. The van der Waals surface area contributed by atoms with Crippen LogP contribution in [-0.2, 0) is 28.6 Å². The molecular weight excluding hydrogens is 304 g/mol. The molecule has 8 heteroatoms. The zero-order valence-corrected chi connectivity index (χ0v) is 13.2. The summed E-state index contributed by atoms with van der Waals surface area (Å²) in [5.74, 6) is 0.426. The van der Waals surface area contributed by atoms with Gasteiger partial charge in [0.2, 0.25) is 0 Å². The van der Waals surface area contributed by atoms with Gasteiger partial charge in [0.15, 0.2) is 0 Å². The van der Waals surface area contributed by atoms with E-state index in [9.17, 15) is 16.8 Å². The zero-order valence-electron chi connectivity index (χ0n) is 11.6. The molecule has 1 saturated carbocycles. The molecule has 2 bridgehead atoms. The molecule has 4 atom stereocenters. The van der Waals surface area contributed by atoms with E-state index in [1.165, 1.54) is 0 Å². The van der Waals surface area contributed by atoms with Crippen LogP contribution in [0.25, 0.3) is 0 Å². The standard InChI is InChI=1S/C12H20O6S2/c1-19(13,14)17-7-11-9-3-5-10(6-4-9)12(11)8-18-20(2,15)16/h3,5,9-12H,4,6-8H2,1-2H3/t9-,10+,11-,12-/m0/s1. The van der Waals surface area contributed by atoms with Gasteiger partial charge in [0, 0.05) is 0 Å². The Hall–Kier alpha value is -0.440. The second kappa shape index (κ2) is 5.75. The second-order valence-electron chi connectivity index (χ2n) is 5.59. The quantitative estimate of drug-likeness (QED) is 0.530. The third-order valence-electron chi connectivity index (χ3n) is 4.04. The van der Waals surface area contributed by atoms with Gasteiger partial charge in [0.1, 0.15) is 0 Å². The number of allylic oxidation sites excluding steroid dienone is 2. The molecule has 1 fully saturated rings. The fourth-order valence-corrected chi connectivity index (χ4v) is 3.92. The van der Waals surface area contributed by atoms with Crippen LogP contribution in [-0.4, -0.2) is 42.6 Å². The Morgan fingerprint density at radius 3 is 1.45 bits per heavy atom. The lowest BCUT2D eigenvalue weighted by Crippen LogP contribution is -2.42. The minimum atomic E-state index is -3.49. The van der Waals surface area contributed by atoms with Gasteiger partial charge in [-0.25, -0.2) is 0 Å². The van der Waals surface area contributed by atoms with Crippen LogP contribution in [0.4, 0.5) is 0 Å². The molecule has 0 radical (unpaired) electrons. The lowest BCUT2D eigenvalue weighted by Gasteiger charge is -2.44. The first-order valence-electron chi connectivity index (χ1n) is 6.53. The van der Waals surface area contributed by atoms with Crippen LogP contribution in [0.2, 0.25) is 0 Å². The molecular formula is C12H20O6S2. The molecule has 0 aliphatic heterocycles. The topological polar surface area (TPSA) is 86.7 Å². The molecule has 3 aliphatic rings. The molecule has 0 N–H and O–H groups in total. The van der Waals surface area contributed by atoms with Gasteiger partial charge in [0.05, 0.1) is 25.7 Å². The molecule has 0 saturated heterocycles. The van der Waals surface area contributed by atoms with E-state index in [-0.39, 0.29) is 36.9 Å².